The molecule has 0 aliphatic carbocycles. The van der Waals surface area contributed by atoms with Crippen LogP contribution in [-0.2, 0) is 0 Å². The van der Waals surface area contributed by atoms with Gasteiger partial charge in [-0.25, -0.2) is 0 Å². The van der Waals surface area contributed by atoms with Crippen molar-refractivity contribution in [2.45, 2.75) is 32.7 Å². The van der Waals surface area contributed by atoms with Gasteiger partial charge in [0.05, 0.1) is 10.5 Å². The summed E-state index contributed by atoms with van der Waals surface area (Å²) in [5.74, 6) is -0.234. The molecule has 0 aliphatic rings. The Morgan fingerprint density at radius 1 is 1.47 bits per heavy atom. The first kappa shape index (κ1) is 15.6. The van der Waals surface area contributed by atoms with E-state index in [1.54, 1.807) is 18.0 Å². The molecular formula is C13H17BrN2O3. The fourth-order valence-electron chi connectivity index (χ4n) is 1.52. The molecule has 1 rings (SSSR count). The highest BCUT2D eigenvalue weighted by Gasteiger charge is 2.29. The summed E-state index contributed by atoms with van der Waals surface area (Å²) >= 11 is 3.15. The second-order valence-corrected chi connectivity index (χ2v) is 5.72. The summed E-state index contributed by atoms with van der Waals surface area (Å²) in [5.41, 5.74) is -0.104. The summed E-state index contributed by atoms with van der Waals surface area (Å²) < 4.78 is 0.226. The second kappa shape index (κ2) is 5.69. The van der Waals surface area contributed by atoms with Gasteiger partial charge in [-0.1, -0.05) is 13.0 Å². The molecule has 0 unspecified atom stereocenters. The van der Waals surface area contributed by atoms with Gasteiger partial charge in [-0.05, 0) is 42.3 Å². The molecule has 0 fully saturated rings. The third kappa shape index (κ3) is 3.12. The molecule has 6 heteroatoms. The van der Waals surface area contributed by atoms with Crippen molar-refractivity contribution in [2.24, 2.45) is 0 Å². The van der Waals surface area contributed by atoms with Crippen LogP contribution in [0.2, 0.25) is 0 Å². The number of carbonyl (C=O) groups excluding carboxylic acids is 1. The molecular weight excluding hydrogens is 312 g/mol. The summed E-state index contributed by atoms with van der Waals surface area (Å²) in [6.45, 7) is 5.90. The van der Waals surface area contributed by atoms with Crippen LogP contribution in [-0.4, -0.2) is 28.3 Å². The minimum Gasteiger partial charge on any atom is -0.337 e. The van der Waals surface area contributed by atoms with Crippen LogP contribution in [0.5, 0.6) is 0 Å². The van der Waals surface area contributed by atoms with Crippen LogP contribution in [0, 0.1) is 10.1 Å². The van der Waals surface area contributed by atoms with Gasteiger partial charge in [0.2, 0.25) is 0 Å². The van der Waals surface area contributed by atoms with Crippen LogP contribution in [0.15, 0.2) is 22.7 Å². The maximum Gasteiger partial charge on any atom is 0.284 e. The molecule has 1 aromatic rings. The van der Waals surface area contributed by atoms with Crippen LogP contribution in [0.25, 0.3) is 0 Å². The third-order valence-electron chi connectivity index (χ3n) is 3.48. The van der Waals surface area contributed by atoms with Crippen molar-refractivity contribution >= 4 is 27.5 Å². The lowest BCUT2D eigenvalue weighted by Crippen LogP contribution is -2.44. The fraction of sp³-hybridized carbons (Fsp3) is 0.462. The Morgan fingerprint density at radius 2 is 2.05 bits per heavy atom. The highest BCUT2D eigenvalue weighted by atomic mass is 79.9. The Kier molecular flexibility index (Phi) is 4.68. The molecule has 0 aromatic heterocycles. The average Bonchev–Trinajstić information content (AvgIpc) is 2.36. The summed E-state index contributed by atoms with van der Waals surface area (Å²) in [7, 11) is 1.71. The predicted molar refractivity (Wildman–Crippen MR) is 77.3 cm³/mol. The van der Waals surface area contributed by atoms with Gasteiger partial charge in [-0.15, -0.1) is 0 Å². The Hall–Kier alpha value is -1.43. The Bertz CT molecular complexity index is 515. The number of carbonyl (C=O) groups is 1. The summed E-state index contributed by atoms with van der Waals surface area (Å²) in [5, 5.41) is 10.9. The number of nitrogens with zero attached hydrogens (tertiary/aromatic N) is 2. The summed E-state index contributed by atoms with van der Waals surface area (Å²) in [4.78, 5) is 24.4. The van der Waals surface area contributed by atoms with E-state index in [2.05, 4.69) is 15.9 Å². The minimum atomic E-state index is -0.508. The van der Waals surface area contributed by atoms with Gasteiger partial charge >= 0.3 is 0 Å². The SMILES string of the molecule is CCC(C)(C)N(C)C(=O)c1cccc([N+](=O)[O-])c1Br. The molecule has 0 aliphatic heterocycles. The first-order valence-corrected chi connectivity index (χ1v) is 6.72. The van der Waals surface area contributed by atoms with Crippen molar-refractivity contribution in [1.82, 2.24) is 4.90 Å². The summed E-state index contributed by atoms with van der Waals surface area (Å²) in [6, 6.07) is 4.47. The largest absolute Gasteiger partial charge is 0.337 e. The lowest BCUT2D eigenvalue weighted by Gasteiger charge is -2.35. The van der Waals surface area contributed by atoms with Crippen LogP contribution >= 0.6 is 15.9 Å². The van der Waals surface area contributed by atoms with Crippen molar-refractivity contribution in [3.8, 4) is 0 Å². The standard InChI is InChI=1S/C13H17BrN2O3/c1-5-13(2,3)15(4)12(17)9-7-6-8-10(11(9)14)16(18)19/h6-8H,5H2,1-4H3. The first-order chi connectivity index (χ1) is 8.72. The van der Waals surface area contributed by atoms with Crippen molar-refractivity contribution in [1.29, 1.82) is 0 Å². The Balaban J connectivity index is 3.21. The molecule has 0 radical (unpaired) electrons. The van der Waals surface area contributed by atoms with E-state index in [-0.39, 0.29) is 21.6 Å². The maximum atomic E-state index is 12.4. The van der Waals surface area contributed by atoms with E-state index in [4.69, 9.17) is 0 Å². The molecule has 0 N–H and O–H groups in total. The van der Waals surface area contributed by atoms with Crippen LogP contribution in [0.4, 0.5) is 5.69 Å². The number of hydrogen-bond donors (Lipinski definition) is 0. The van der Waals surface area contributed by atoms with Crippen molar-refractivity contribution in [2.75, 3.05) is 7.05 Å². The summed E-state index contributed by atoms with van der Waals surface area (Å²) in [6.07, 6.45) is 0.793. The topological polar surface area (TPSA) is 63.5 Å². The zero-order chi connectivity index (χ0) is 14.8. The van der Waals surface area contributed by atoms with E-state index in [1.807, 2.05) is 20.8 Å². The van der Waals surface area contributed by atoms with E-state index >= 15 is 0 Å². The van der Waals surface area contributed by atoms with Gasteiger partial charge in [0.1, 0.15) is 4.47 Å². The maximum absolute atomic E-state index is 12.4. The lowest BCUT2D eigenvalue weighted by molar-refractivity contribution is -0.385. The molecule has 0 saturated heterocycles. The molecule has 0 bridgehead atoms. The van der Waals surface area contributed by atoms with Gasteiger partial charge in [-0.2, -0.15) is 0 Å². The molecule has 0 heterocycles. The molecule has 104 valence electrons. The smallest absolute Gasteiger partial charge is 0.284 e. The zero-order valence-electron chi connectivity index (χ0n) is 11.4. The number of halogens is 1. The third-order valence-corrected chi connectivity index (χ3v) is 4.32. The van der Waals surface area contributed by atoms with Gasteiger partial charge in [0.15, 0.2) is 0 Å². The fourth-order valence-corrected chi connectivity index (χ4v) is 2.10. The number of benzene rings is 1. The average molecular weight is 329 g/mol. The Morgan fingerprint density at radius 3 is 2.53 bits per heavy atom. The minimum absolute atomic E-state index is 0.103. The van der Waals surface area contributed by atoms with Gasteiger partial charge < -0.3 is 4.90 Å². The van der Waals surface area contributed by atoms with E-state index < -0.39 is 4.92 Å². The van der Waals surface area contributed by atoms with E-state index in [1.165, 1.54) is 12.1 Å². The van der Waals surface area contributed by atoms with Gasteiger partial charge in [-0.3, -0.25) is 14.9 Å². The van der Waals surface area contributed by atoms with Gasteiger partial charge in [0.25, 0.3) is 11.6 Å². The molecule has 0 spiro atoms. The quantitative estimate of drug-likeness (QED) is 0.626. The lowest BCUT2D eigenvalue weighted by atomic mass is 9.99. The first-order valence-electron chi connectivity index (χ1n) is 5.93. The predicted octanol–water partition coefficient (Wildman–Crippen LogP) is 3.62. The Labute approximate surface area is 120 Å². The number of rotatable bonds is 4. The van der Waals surface area contributed by atoms with E-state index in [0.29, 0.717) is 5.56 Å². The van der Waals surface area contributed by atoms with Gasteiger partial charge in [0, 0.05) is 18.7 Å². The molecule has 19 heavy (non-hydrogen) atoms. The van der Waals surface area contributed by atoms with E-state index in [0.717, 1.165) is 6.42 Å². The van der Waals surface area contributed by atoms with E-state index in [9.17, 15) is 14.9 Å². The molecule has 1 amide bonds. The molecule has 1 aromatic carbocycles. The monoisotopic (exact) mass is 328 g/mol. The second-order valence-electron chi connectivity index (χ2n) is 4.93. The van der Waals surface area contributed by atoms with Crippen molar-refractivity contribution in [3.63, 3.8) is 0 Å². The molecule has 5 nitrogen and oxygen atoms in total. The highest BCUT2D eigenvalue weighted by molar-refractivity contribution is 9.10. The van der Waals surface area contributed by atoms with Crippen molar-refractivity contribution < 1.29 is 9.72 Å². The number of amides is 1. The van der Waals surface area contributed by atoms with Crippen molar-refractivity contribution in [3.05, 3.63) is 38.3 Å². The number of nitro groups is 1. The zero-order valence-corrected chi connectivity index (χ0v) is 13.0. The van der Waals surface area contributed by atoms with Crippen LogP contribution in [0.1, 0.15) is 37.6 Å². The van der Waals surface area contributed by atoms with Crippen LogP contribution < -0.4 is 0 Å². The molecule has 0 saturated carbocycles. The molecule has 0 atom stereocenters. The van der Waals surface area contributed by atoms with Crippen LogP contribution in [0.3, 0.4) is 0 Å². The number of nitro benzene ring substituents is 1. The normalized spacial score (nSPS) is 11.2. The highest BCUT2D eigenvalue weighted by Crippen LogP contribution is 2.30. The number of hydrogen-bond acceptors (Lipinski definition) is 3.